The first-order valence-electron chi connectivity index (χ1n) is 7.02. The molecule has 1 aliphatic heterocycles. The van der Waals surface area contributed by atoms with Crippen LogP contribution in [0.25, 0.3) is 5.32 Å². The summed E-state index contributed by atoms with van der Waals surface area (Å²) < 4.78 is 115. The molecule has 0 atom stereocenters. The molecule has 0 unspecified atom stereocenters. The summed E-state index contributed by atoms with van der Waals surface area (Å²) in [5.41, 5.74) is 0. The molecule has 29 heavy (non-hydrogen) atoms. The predicted molar refractivity (Wildman–Crippen MR) is 78.0 cm³/mol. The van der Waals surface area contributed by atoms with Gasteiger partial charge in [0.1, 0.15) is 0 Å². The van der Waals surface area contributed by atoms with Gasteiger partial charge in [0.25, 0.3) is 0 Å². The first-order chi connectivity index (χ1) is 12.9. The Bertz CT molecular complexity index is 181. The van der Waals surface area contributed by atoms with Crippen molar-refractivity contribution in [3.63, 3.8) is 0 Å². The summed E-state index contributed by atoms with van der Waals surface area (Å²) in [7, 11) is 0. The molecular formula is C12H19F12N4Ti-5. The van der Waals surface area contributed by atoms with Crippen LogP contribution in [0.2, 0.25) is 0 Å². The molecule has 1 saturated heterocycles. The molecule has 0 spiro atoms. The van der Waals surface area contributed by atoms with Crippen molar-refractivity contribution >= 4 is 0 Å². The Hall–Kier alpha value is -0.286. The molecule has 0 saturated carbocycles. The molecule has 0 amide bonds. The van der Waals surface area contributed by atoms with Gasteiger partial charge < -0.3 is 74.0 Å². The summed E-state index contributed by atoms with van der Waals surface area (Å²) in [5, 5.41) is 14.4. The van der Waals surface area contributed by atoms with Crippen molar-refractivity contribution in [1.29, 1.82) is 0 Å². The van der Waals surface area contributed by atoms with E-state index < -0.39 is 26.7 Å². The van der Waals surface area contributed by atoms with Crippen molar-refractivity contribution in [3.8, 4) is 0 Å². The van der Waals surface area contributed by atoms with Gasteiger partial charge in [0.15, 0.2) is 26.7 Å². The molecule has 1 fully saturated rings. The molecule has 180 valence electrons. The van der Waals surface area contributed by atoms with Crippen LogP contribution in [0, 0.1) is 26.7 Å². The van der Waals surface area contributed by atoms with Crippen molar-refractivity contribution in [2.75, 3.05) is 52.4 Å². The van der Waals surface area contributed by atoms with E-state index in [1.165, 1.54) is 0 Å². The molecule has 4 nitrogen and oxygen atoms in total. The third-order valence-corrected chi connectivity index (χ3v) is 1.85. The molecule has 1 heterocycles. The van der Waals surface area contributed by atoms with Crippen LogP contribution in [0.3, 0.4) is 0 Å². The zero-order chi connectivity index (χ0) is 22.8. The zero-order valence-corrected chi connectivity index (χ0v) is 16.2. The van der Waals surface area contributed by atoms with Crippen LogP contribution in [-0.4, -0.2) is 52.4 Å². The van der Waals surface area contributed by atoms with Crippen LogP contribution in [0.1, 0.15) is 0 Å². The number of nitrogens with zero attached hydrogens (tertiary/aromatic N) is 1. The van der Waals surface area contributed by atoms with Gasteiger partial charge in [0.2, 0.25) is 0 Å². The minimum Gasteiger partial charge on any atom is -0.660 e. The summed E-state index contributed by atoms with van der Waals surface area (Å²) in [6.45, 7) is -4.19. The Balaban J connectivity index is -0.0000000949. The van der Waals surface area contributed by atoms with Crippen LogP contribution >= 0.6 is 0 Å². The van der Waals surface area contributed by atoms with Gasteiger partial charge in [-0.15, -0.1) is 13.1 Å². The van der Waals surface area contributed by atoms with Crippen molar-refractivity contribution in [3.05, 3.63) is 32.0 Å². The van der Waals surface area contributed by atoms with Crippen LogP contribution in [-0.2, 0) is 21.7 Å². The van der Waals surface area contributed by atoms with Crippen molar-refractivity contribution < 1.29 is 74.4 Å². The first-order valence-corrected chi connectivity index (χ1v) is 7.02. The standard InChI is InChI=1S/C8H19N4.4CF3.Ti/c1-2-10-5-6-12-8-7-11-4-3-9-1;4*2-1(3)4;/h9-11H,1-8H2;;;;;/q5*-1;. The van der Waals surface area contributed by atoms with E-state index in [2.05, 4.69) is 21.3 Å². The minimum absolute atomic E-state index is 0. The Labute approximate surface area is 175 Å². The third kappa shape index (κ3) is 134. The summed E-state index contributed by atoms with van der Waals surface area (Å²) in [6, 6.07) is 0. The average Bonchev–Trinajstić information content (AvgIpc) is 2.45. The van der Waals surface area contributed by atoms with E-state index in [0.717, 1.165) is 52.4 Å². The molecule has 0 aliphatic carbocycles. The molecular weight excluding hydrogens is 476 g/mol. The summed E-state index contributed by atoms with van der Waals surface area (Å²) in [5.74, 6) is 0. The third-order valence-electron chi connectivity index (χ3n) is 1.85. The number of nitrogens with one attached hydrogen (secondary N) is 3. The van der Waals surface area contributed by atoms with Gasteiger partial charge in [-0.25, -0.2) is 0 Å². The molecule has 0 aromatic carbocycles. The van der Waals surface area contributed by atoms with Gasteiger partial charge in [-0.2, -0.15) is 0 Å². The second kappa shape index (κ2) is 35.2. The van der Waals surface area contributed by atoms with Gasteiger partial charge in [0, 0.05) is 47.9 Å². The van der Waals surface area contributed by atoms with E-state index in [0.29, 0.717) is 0 Å². The first kappa shape index (κ1) is 39.2. The fraction of sp³-hybridized carbons (Fsp3) is 0.667. The van der Waals surface area contributed by atoms with Crippen LogP contribution in [0.5, 0.6) is 0 Å². The average molecular weight is 495 g/mol. The minimum atomic E-state index is -3.08. The number of hydrogen-bond donors (Lipinski definition) is 3. The largest absolute Gasteiger partial charge is 0.660 e. The maximum atomic E-state index is 9.58. The molecule has 0 bridgehead atoms. The Morgan fingerprint density at radius 3 is 0.793 bits per heavy atom. The smallest absolute Gasteiger partial charge is 0.154 e. The van der Waals surface area contributed by atoms with E-state index in [1.807, 2.05) is 0 Å². The summed E-state index contributed by atoms with van der Waals surface area (Å²) in [6.07, 6.45) is 0. The zero-order valence-electron chi connectivity index (χ0n) is 14.6. The van der Waals surface area contributed by atoms with Crippen molar-refractivity contribution in [1.82, 2.24) is 16.0 Å². The fourth-order valence-corrected chi connectivity index (χ4v) is 1.16. The van der Waals surface area contributed by atoms with Gasteiger partial charge in [-0.3, -0.25) is 0 Å². The normalized spacial score (nSPS) is 14.9. The van der Waals surface area contributed by atoms with E-state index in [1.54, 1.807) is 0 Å². The molecule has 0 radical (unpaired) electrons. The second-order valence-electron chi connectivity index (χ2n) is 3.78. The van der Waals surface area contributed by atoms with E-state index >= 15 is 0 Å². The van der Waals surface area contributed by atoms with Gasteiger partial charge in [-0.05, 0) is 13.1 Å². The Morgan fingerprint density at radius 2 is 0.586 bits per heavy atom. The maximum absolute atomic E-state index is 9.58. The SMILES string of the molecule is C1CNCCNCCNCC[N-]1.F[C-](F)F.F[C-](F)F.F[C-](F)F.F[C-](F)F.[Ti]. The van der Waals surface area contributed by atoms with Crippen molar-refractivity contribution in [2.45, 2.75) is 0 Å². The predicted octanol–water partition coefficient (Wildman–Crippen LogP) is 4.51. The molecule has 17 heteroatoms. The topological polar surface area (TPSA) is 50.2 Å². The monoisotopic (exact) mass is 495 g/mol. The molecule has 1 rings (SSSR count). The molecule has 0 aromatic rings. The maximum Gasteiger partial charge on any atom is 0.154 e. The second-order valence-corrected chi connectivity index (χ2v) is 3.78. The number of hydrogen-bond acceptors (Lipinski definition) is 3. The number of halogens is 12. The van der Waals surface area contributed by atoms with Crippen LogP contribution in [0.15, 0.2) is 0 Å². The van der Waals surface area contributed by atoms with Crippen molar-refractivity contribution in [2.24, 2.45) is 0 Å². The molecule has 1 aliphatic rings. The van der Waals surface area contributed by atoms with Crippen LogP contribution in [0.4, 0.5) is 52.7 Å². The quantitative estimate of drug-likeness (QED) is 0.264. The van der Waals surface area contributed by atoms with Gasteiger partial charge in [0.05, 0.1) is 0 Å². The van der Waals surface area contributed by atoms with Gasteiger partial charge in [-0.1, -0.05) is 0 Å². The van der Waals surface area contributed by atoms with E-state index in [9.17, 15) is 52.7 Å². The Kier molecular flexibility index (Phi) is 47.6. The van der Waals surface area contributed by atoms with Gasteiger partial charge >= 0.3 is 0 Å². The molecule has 0 aromatic heterocycles. The number of rotatable bonds is 0. The molecule has 3 N–H and O–H groups in total. The van der Waals surface area contributed by atoms with E-state index in [4.69, 9.17) is 0 Å². The van der Waals surface area contributed by atoms with Crippen LogP contribution < -0.4 is 16.0 Å². The summed E-state index contributed by atoms with van der Waals surface area (Å²) in [4.78, 5) is 0. The van der Waals surface area contributed by atoms with E-state index in [-0.39, 0.29) is 21.7 Å². The Morgan fingerprint density at radius 1 is 0.414 bits per heavy atom. The fourth-order valence-electron chi connectivity index (χ4n) is 1.16. The summed E-state index contributed by atoms with van der Waals surface area (Å²) >= 11 is 0.